The fraction of sp³-hybridized carbons (Fsp3) is 0.231. The molecule has 7 nitrogen and oxygen atoms in total. The molecule has 1 saturated heterocycles. The number of hydroxylamine groups is 2. The molecule has 1 aliphatic rings. The van der Waals surface area contributed by atoms with Crippen molar-refractivity contribution in [2.45, 2.75) is 12.8 Å². The van der Waals surface area contributed by atoms with Crippen molar-refractivity contribution < 1.29 is 24.0 Å². The summed E-state index contributed by atoms with van der Waals surface area (Å²) in [5.41, 5.74) is 0.568. The monoisotopic (exact) mass is 402 g/mol. The first-order chi connectivity index (χ1) is 10.0. The van der Waals surface area contributed by atoms with E-state index in [0.29, 0.717) is 10.8 Å². The van der Waals surface area contributed by atoms with Gasteiger partial charge in [0.2, 0.25) is 5.91 Å². The van der Waals surface area contributed by atoms with Crippen LogP contribution in [0.2, 0.25) is 0 Å². The van der Waals surface area contributed by atoms with E-state index in [0.717, 1.165) is 0 Å². The number of hydrogen-bond donors (Lipinski definition) is 1. The summed E-state index contributed by atoms with van der Waals surface area (Å²) in [5.74, 6) is -2.11. The van der Waals surface area contributed by atoms with Crippen molar-refractivity contribution in [2.75, 3.05) is 9.74 Å². The number of rotatable bonds is 4. The highest BCUT2D eigenvalue weighted by Gasteiger charge is 2.33. The van der Waals surface area contributed by atoms with Gasteiger partial charge in [0.05, 0.1) is 9.99 Å². The lowest BCUT2D eigenvalue weighted by Crippen LogP contribution is -2.32. The Morgan fingerprint density at radius 2 is 1.90 bits per heavy atom. The second kappa shape index (κ2) is 6.66. The Hall–Kier alpha value is -1.97. The first-order valence-electron chi connectivity index (χ1n) is 6.05. The van der Waals surface area contributed by atoms with E-state index >= 15 is 0 Å². The van der Waals surface area contributed by atoms with Gasteiger partial charge in [-0.2, -0.15) is 0 Å². The molecule has 0 radical (unpaired) electrons. The van der Waals surface area contributed by atoms with Crippen molar-refractivity contribution in [3.05, 3.63) is 29.8 Å². The maximum Gasteiger partial charge on any atom is 0.363 e. The van der Waals surface area contributed by atoms with Gasteiger partial charge in [-0.15, -0.1) is 5.06 Å². The van der Waals surface area contributed by atoms with E-state index in [1.54, 1.807) is 12.1 Å². The van der Waals surface area contributed by atoms with Gasteiger partial charge < -0.3 is 10.2 Å². The number of carbonyl (C=O) groups excluding carboxylic acids is 4. The molecule has 0 saturated carbocycles. The van der Waals surface area contributed by atoms with Crippen LogP contribution in [0, 0.1) is 0 Å². The Labute approximate surface area is 133 Å². The molecule has 1 heterocycles. The van der Waals surface area contributed by atoms with E-state index < -0.39 is 17.8 Å². The number of nitrogens with one attached hydrogen (secondary N) is 1. The minimum absolute atomic E-state index is 0.0396. The first kappa shape index (κ1) is 15.4. The smallest absolute Gasteiger partial charge is 0.325 e. The molecule has 1 fully saturated rings. The third-order valence-electron chi connectivity index (χ3n) is 2.68. The average molecular weight is 402 g/mol. The second-order valence-electron chi connectivity index (χ2n) is 4.22. The van der Waals surface area contributed by atoms with Crippen molar-refractivity contribution in [3.8, 4) is 0 Å². The van der Waals surface area contributed by atoms with Crippen molar-refractivity contribution >= 4 is 52.0 Å². The van der Waals surface area contributed by atoms with Gasteiger partial charge in [-0.3, -0.25) is 14.4 Å². The molecule has 0 aliphatic carbocycles. The zero-order chi connectivity index (χ0) is 15.4. The van der Waals surface area contributed by atoms with E-state index in [1.165, 1.54) is 12.1 Å². The molecular weight excluding hydrogens is 391 g/mol. The Bertz CT molecular complexity index is 600. The van der Waals surface area contributed by atoms with Crippen molar-refractivity contribution in [1.82, 2.24) is 5.06 Å². The molecule has 0 atom stereocenters. The Kier molecular flexibility index (Phi) is 4.89. The number of alkyl halides is 1. The zero-order valence-corrected chi connectivity index (χ0v) is 13.0. The van der Waals surface area contributed by atoms with Crippen LogP contribution in [0.5, 0.6) is 0 Å². The number of imide groups is 1. The Morgan fingerprint density at radius 1 is 1.24 bits per heavy atom. The van der Waals surface area contributed by atoms with Gasteiger partial charge in [0.1, 0.15) is 0 Å². The summed E-state index contributed by atoms with van der Waals surface area (Å²) in [6, 6.07) is 6.06. The van der Waals surface area contributed by atoms with Crippen LogP contribution in [0.15, 0.2) is 24.3 Å². The van der Waals surface area contributed by atoms with E-state index in [-0.39, 0.29) is 28.7 Å². The number of nitrogens with zero attached hydrogens (tertiary/aromatic N) is 1. The Balaban J connectivity index is 2.09. The number of anilines is 1. The van der Waals surface area contributed by atoms with Gasteiger partial charge in [0, 0.05) is 18.5 Å². The predicted octanol–water partition coefficient (Wildman–Crippen LogP) is 1.28. The van der Waals surface area contributed by atoms with Crippen LogP contribution < -0.4 is 5.32 Å². The minimum atomic E-state index is -0.829. The van der Waals surface area contributed by atoms with Gasteiger partial charge in [-0.25, -0.2) is 4.79 Å². The molecule has 2 rings (SSSR count). The van der Waals surface area contributed by atoms with Crippen LogP contribution in [-0.2, 0) is 19.2 Å². The summed E-state index contributed by atoms with van der Waals surface area (Å²) >= 11 is 1.91. The molecule has 8 heteroatoms. The maximum absolute atomic E-state index is 11.9. The van der Waals surface area contributed by atoms with Crippen LogP contribution in [0.1, 0.15) is 23.2 Å². The van der Waals surface area contributed by atoms with Gasteiger partial charge in [0.15, 0.2) is 0 Å². The SMILES string of the molecule is O=C(CI)Nc1cccc(C(=O)ON2C(=O)CCC2=O)c1. The molecule has 1 aromatic rings. The topological polar surface area (TPSA) is 92.8 Å². The highest BCUT2D eigenvalue weighted by Crippen LogP contribution is 2.16. The molecule has 21 heavy (non-hydrogen) atoms. The fourth-order valence-electron chi connectivity index (χ4n) is 1.71. The number of amides is 3. The number of hydrogen-bond acceptors (Lipinski definition) is 5. The second-order valence-corrected chi connectivity index (χ2v) is 4.99. The van der Waals surface area contributed by atoms with Crippen molar-refractivity contribution in [1.29, 1.82) is 0 Å². The molecule has 0 unspecified atom stereocenters. The third kappa shape index (κ3) is 3.78. The standard InChI is InChI=1S/C13H11IN2O5/c14-7-10(17)15-9-3-1-2-8(6-9)13(20)21-16-11(18)4-5-12(16)19/h1-3,6H,4-5,7H2,(H,15,17). The van der Waals surface area contributed by atoms with Gasteiger partial charge in [0.25, 0.3) is 11.8 Å². The lowest BCUT2D eigenvalue weighted by atomic mass is 10.2. The van der Waals surface area contributed by atoms with Crippen molar-refractivity contribution in [3.63, 3.8) is 0 Å². The molecule has 1 N–H and O–H groups in total. The summed E-state index contributed by atoms with van der Waals surface area (Å²) in [5, 5.41) is 3.08. The molecule has 1 aromatic carbocycles. The van der Waals surface area contributed by atoms with Crippen LogP contribution in [0.4, 0.5) is 5.69 Å². The predicted molar refractivity (Wildman–Crippen MR) is 80.5 cm³/mol. The van der Waals surface area contributed by atoms with Crippen LogP contribution in [0.3, 0.4) is 0 Å². The molecule has 0 bridgehead atoms. The summed E-state index contributed by atoms with van der Waals surface area (Å²) in [6.07, 6.45) is 0.0791. The molecular formula is C13H11IN2O5. The quantitative estimate of drug-likeness (QED) is 0.466. The fourth-order valence-corrected chi connectivity index (χ4v) is 1.90. The van der Waals surface area contributed by atoms with E-state index in [9.17, 15) is 19.2 Å². The summed E-state index contributed by atoms with van der Waals surface area (Å²) in [7, 11) is 0. The van der Waals surface area contributed by atoms with Gasteiger partial charge in [-0.1, -0.05) is 28.7 Å². The molecule has 0 aromatic heterocycles. The lowest BCUT2D eigenvalue weighted by molar-refractivity contribution is -0.172. The minimum Gasteiger partial charge on any atom is -0.325 e. The van der Waals surface area contributed by atoms with Gasteiger partial charge >= 0.3 is 5.97 Å². The number of carbonyl (C=O) groups is 4. The van der Waals surface area contributed by atoms with Crippen LogP contribution in [0.25, 0.3) is 0 Å². The summed E-state index contributed by atoms with van der Waals surface area (Å²) in [6.45, 7) is 0. The maximum atomic E-state index is 11.9. The van der Waals surface area contributed by atoms with Gasteiger partial charge in [-0.05, 0) is 18.2 Å². The van der Waals surface area contributed by atoms with E-state index in [4.69, 9.17) is 4.84 Å². The van der Waals surface area contributed by atoms with Crippen LogP contribution in [-0.4, -0.2) is 33.2 Å². The Morgan fingerprint density at radius 3 is 2.52 bits per heavy atom. The first-order valence-corrected chi connectivity index (χ1v) is 7.58. The van der Waals surface area contributed by atoms with E-state index in [1.807, 2.05) is 22.6 Å². The summed E-state index contributed by atoms with van der Waals surface area (Å²) in [4.78, 5) is 50.7. The average Bonchev–Trinajstić information content (AvgIpc) is 2.79. The molecule has 110 valence electrons. The highest BCUT2D eigenvalue weighted by molar-refractivity contribution is 14.1. The zero-order valence-electron chi connectivity index (χ0n) is 10.8. The summed E-state index contributed by atoms with van der Waals surface area (Å²) < 4.78 is 0.281. The normalized spacial score (nSPS) is 14.2. The molecule has 3 amide bonds. The highest BCUT2D eigenvalue weighted by atomic mass is 127. The molecule has 0 spiro atoms. The lowest BCUT2D eigenvalue weighted by Gasteiger charge is -2.13. The van der Waals surface area contributed by atoms with Crippen LogP contribution >= 0.6 is 22.6 Å². The largest absolute Gasteiger partial charge is 0.363 e. The number of halogens is 1. The van der Waals surface area contributed by atoms with E-state index in [2.05, 4.69) is 5.32 Å². The van der Waals surface area contributed by atoms with Crippen molar-refractivity contribution in [2.24, 2.45) is 0 Å². The third-order valence-corrected chi connectivity index (χ3v) is 3.38. The number of benzene rings is 1. The molecule has 1 aliphatic heterocycles.